The zero-order chi connectivity index (χ0) is 22.2. The average Bonchev–Trinajstić information content (AvgIpc) is 2.76. The highest BCUT2D eigenvalue weighted by Crippen LogP contribution is 2.29. The van der Waals surface area contributed by atoms with E-state index >= 15 is 0 Å². The molecule has 0 saturated carbocycles. The summed E-state index contributed by atoms with van der Waals surface area (Å²) in [5, 5.41) is 6.25. The van der Waals surface area contributed by atoms with Crippen LogP contribution in [0.4, 0.5) is 5.69 Å². The first-order valence-electron chi connectivity index (χ1n) is 9.78. The predicted molar refractivity (Wildman–Crippen MR) is 127 cm³/mol. The van der Waals surface area contributed by atoms with E-state index in [2.05, 4.69) is 26.6 Å². The van der Waals surface area contributed by atoms with Crippen molar-refractivity contribution < 1.29 is 14.3 Å². The number of amides is 2. The Balaban J connectivity index is 1.61. The fraction of sp³-hybridized carbons (Fsp3) is 0.167. The van der Waals surface area contributed by atoms with Crippen molar-refractivity contribution in [2.45, 2.75) is 19.4 Å². The standard InChI is InChI=1S/C24H22BrClN2O3/c1-16(31-22-12-11-18(26)15-20(22)25)23(29)28-21-10-6-5-9-19(21)24(30)27-14-13-17-7-3-2-4-8-17/h2-12,15-16H,13-14H2,1H3,(H,27,30)(H,28,29)/t16-/m0/s1. The molecule has 1 atom stereocenters. The van der Waals surface area contributed by atoms with Crippen molar-refractivity contribution in [2.75, 3.05) is 11.9 Å². The number of ether oxygens (including phenoxy) is 1. The van der Waals surface area contributed by atoms with Gasteiger partial charge < -0.3 is 15.4 Å². The molecule has 0 heterocycles. The van der Waals surface area contributed by atoms with Gasteiger partial charge in [0.15, 0.2) is 6.10 Å². The van der Waals surface area contributed by atoms with Crippen molar-refractivity contribution in [1.82, 2.24) is 5.32 Å². The van der Waals surface area contributed by atoms with Gasteiger partial charge in [0.25, 0.3) is 11.8 Å². The van der Waals surface area contributed by atoms with Gasteiger partial charge >= 0.3 is 0 Å². The fourth-order valence-corrected chi connectivity index (χ4v) is 3.68. The van der Waals surface area contributed by atoms with Crippen molar-refractivity contribution in [2.24, 2.45) is 0 Å². The van der Waals surface area contributed by atoms with E-state index in [9.17, 15) is 9.59 Å². The maximum atomic E-state index is 12.7. The topological polar surface area (TPSA) is 67.4 Å². The molecule has 0 bridgehead atoms. The first kappa shape index (κ1) is 22.8. The van der Waals surface area contributed by atoms with Crippen molar-refractivity contribution >= 4 is 45.0 Å². The fourth-order valence-electron chi connectivity index (χ4n) is 2.90. The van der Waals surface area contributed by atoms with Crippen LogP contribution in [-0.2, 0) is 11.2 Å². The highest BCUT2D eigenvalue weighted by atomic mass is 79.9. The Morgan fingerprint density at radius 1 is 1.03 bits per heavy atom. The summed E-state index contributed by atoms with van der Waals surface area (Å²) in [7, 11) is 0. The smallest absolute Gasteiger partial charge is 0.265 e. The van der Waals surface area contributed by atoms with Gasteiger partial charge in [0.1, 0.15) is 5.75 Å². The summed E-state index contributed by atoms with van der Waals surface area (Å²) in [6.45, 7) is 2.13. The van der Waals surface area contributed by atoms with Crippen molar-refractivity contribution in [3.63, 3.8) is 0 Å². The third-order valence-corrected chi connectivity index (χ3v) is 5.39. The molecule has 0 unspecified atom stereocenters. The molecule has 160 valence electrons. The Labute approximate surface area is 194 Å². The van der Waals surface area contributed by atoms with Gasteiger partial charge in [0.05, 0.1) is 15.7 Å². The molecule has 0 spiro atoms. The van der Waals surface area contributed by atoms with Gasteiger partial charge in [0, 0.05) is 11.6 Å². The van der Waals surface area contributed by atoms with E-state index in [0.29, 0.717) is 33.0 Å². The molecule has 7 heteroatoms. The van der Waals surface area contributed by atoms with Gasteiger partial charge in [-0.05, 0) is 65.2 Å². The van der Waals surface area contributed by atoms with E-state index in [1.165, 1.54) is 0 Å². The summed E-state index contributed by atoms with van der Waals surface area (Å²) < 4.78 is 6.38. The van der Waals surface area contributed by atoms with Gasteiger partial charge in [0.2, 0.25) is 0 Å². The highest BCUT2D eigenvalue weighted by molar-refractivity contribution is 9.10. The van der Waals surface area contributed by atoms with Crippen LogP contribution < -0.4 is 15.4 Å². The van der Waals surface area contributed by atoms with Crippen LogP contribution in [0.5, 0.6) is 5.75 Å². The van der Waals surface area contributed by atoms with Crippen LogP contribution in [-0.4, -0.2) is 24.5 Å². The van der Waals surface area contributed by atoms with Crippen molar-refractivity contribution in [3.8, 4) is 5.75 Å². The summed E-state index contributed by atoms with van der Waals surface area (Å²) in [4.78, 5) is 25.3. The van der Waals surface area contributed by atoms with Gasteiger partial charge in [-0.15, -0.1) is 0 Å². The molecule has 0 aromatic heterocycles. The zero-order valence-electron chi connectivity index (χ0n) is 16.9. The first-order valence-corrected chi connectivity index (χ1v) is 10.9. The molecule has 0 aliphatic heterocycles. The maximum absolute atomic E-state index is 12.7. The summed E-state index contributed by atoms with van der Waals surface area (Å²) in [6, 6.07) is 21.9. The van der Waals surface area contributed by atoms with E-state index in [-0.39, 0.29) is 11.8 Å². The minimum atomic E-state index is -0.785. The van der Waals surface area contributed by atoms with Crippen LogP contribution in [0.1, 0.15) is 22.8 Å². The van der Waals surface area contributed by atoms with Crippen LogP contribution in [0.2, 0.25) is 5.02 Å². The summed E-state index contributed by atoms with van der Waals surface area (Å²) in [5.74, 6) is -0.119. The Morgan fingerprint density at radius 2 is 1.74 bits per heavy atom. The normalized spacial score (nSPS) is 11.5. The van der Waals surface area contributed by atoms with E-state index in [0.717, 1.165) is 12.0 Å². The lowest BCUT2D eigenvalue weighted by molar-refractivity contribution is -0.122. The lowest BCUT2D eigenvalue weighted by Gasteiger charge is -2.17. The Bertz CT molecular complexity index is 1060. The summed E-state index contributed by atoms with van der Waals surface area (Å²) in [6.07, 6.45) is -0.0613. The molecule has 5 nitrogen and oxygen atoms in total. The molecular formula is C24H22BrClN2O3. The molecule has 0 fully saturated rings. The lowest BCUT2D eigenvalue weighted by atomic mass is 10.1. The van der Waals surface area contributed by atoms with Gasteiger partial charge in [-0.3, -0.25) is 9.59 Å². The summed E-state index contributed by atoms with van der Waals surface area (Å²) in [5.41, 5.74) is 1.96. The Hall–Kier alpha value is -2.83. The Kier molecular flexibility index (Phi) is 8.09. The molecule has 3 aromatic rings. The van der Waals surface area contributed by atoms with Crippen LogP contribution >= 0.6 is 27.5 Å². The molecule has 3 rings (SSSR count). The highest BCUT2D eigenvalue weighted by Gasteiger charge is 2.19. The average molecular weight is 502 g/mol. The second kappa shape index (κ2) is 11.0. The first-order chi connectivity index (χ1) is 14.9. The Morgan fingerprint density at radius 3 is 2.48 bits per heavy atom. The second-order valence-electron chi connectivity index (χ2n) is 6.86. The molecule has 0 radical (unpaired) electrons. The van der Waals surface area contributed by atoms with Crippen molar-refractivity contribution in [1.29, 1.82) is 0 Å². The maximum Gasteiger partial charge on any atom is 0.265 e. The summed E-state index contributed by atoms with van der Waals surface area (Å²) >= 11 is 9.31. The second-order valence-corrected chi connectivity index (χ2v) is 8.15. The molecule has 0 aliphatic rings. The minimum Gasteiger partial charge on any atom is -0.480 e. The number of para-hydroxylation sites is 1. The third-order valence-electron chi connectivity index (χ3n) is 4.54. The number of hydrogen-bond acceptors (Lipinski definition) is 3. The van der Waals surface area contributed by atoms with E-state index < -0.39 is 6.10 Å². The predicted octanol–water partition coefficient (Wildman–Crippen LogP) is 5.48. The monoisotopic (exact) mass is 500 g/mol. The third kappa shape index (κ3) is 6.57. The lowest BCUT2D eigenvalue weighted by Crippen LogP contribution is -2.32. The van der Waals surface area contributed by atoms with Crippen LogP contribution in [0.25, 0.3) is 0 Å². The van der Waals surface area contributed by atoms with Crippen molar-refractivity contribution in [3.05, 3.63) is 93.4 Å². The number of carbonyl (C=O) groups excluding carboxylic acids is 2. The SMILES string of the molecule is C[C@H](Oc1ccc(Cl)cc1Br)C(=O)Nc1ccccc1C(=O)NCCc1ccccc1. The molecular weight excluding hydrogens is 480 g/mol. The van der Waals surface area contributed by atoms with Gasteiger partial charge in [-0.1, -0.05) is 54.1 Å². The van der Waals surface area contributed by atoms with Crippen LogP contribution in [0.15, 0.2) is 77.3 Å². The molecule has 2 amide bonds. The largest absolute Gasteiger partial charge is 0.480 e. The molecule has 3 aromatic carbocycles. The molecule has 0 aliphatic carbocycles. The van der Waals surface area contributed by atoms with E-state index in [1.54, 1.807) is 49.4 Å². The number of nitrogens with one attached hydrogen (secondary N) is 2. The van der Waals surface area contributed by atoms with Gasteiger partial charge in [-0.2, -0.15) is 0 Å². The number of carbonyl (C=O) groups is 2. The van der Waals surface area contributed by atoms with Gasteiger partial charge in [-0.25, -0.2) is 0 Å². The molecule has 31 heavy (non-hydrogen) atoms. The van der Waals surface area contributed by atoms with E-state index in [1.807, 2.05) is 30.3 Å². The molecule has 2 N–H and O–H groups in total. The van der Waals surface area contributed by atoms with Crippen LogP contribution in [0.3, 0.4) is 0 Å². The quantitative estimate of drug-likeness (QED) is 0.429. The molecule has 0 saturated heterocycles. The minimum absolute atomic E-state index is 0.249. The number of halogens is 2. The van der Waals surface area contributed by atoms with Crippen LogP contribution in [0, 0.1) is 0 Å². The number of benzene rings is 3. The number of rotatable bonds is 8. The van der Waals surface area contributed by atoms with E-state index in [4.69, 9.17) is 16.3 Å². The number of anilines is 1. The number of hydrogen-bond donors (Lipinski definition) is 2. The zero-order valence-corrected chi connectivity index (χ0v) is 19.2.